The largest absolute Gasteiger partial charge is 0.285 e. The van der Waals surface area contributed by atoms with Gasteiger partial charge >= 0.3 is 0 Å². The highest BCUT2D eigenvalue weighted by atomic mass is 15.1. The second-order valence-electron chi connectivity index (χ2n) is 5.85. The maximum Gasteiger partial charge on any atom is 0.0975 e. The van der Waals surface area contributed by atoms with Crippen molar-refractivity contribution in [3.05, 3.63) is 108 Å². The number of rotatable bonds is 4. The Morgan fingerprint density at radius 3 is 1.92 bits per heavy atom. The summed E-state index contributed by atoms with van der Waals surface area (Å²) >= 11 is 0. The molecule has 24 heavy (non-hydrogen) atoms. The van der Waals surface area contributed by atoms with Gasteiger partial charge in [0, 0.05) is 12.1 Å². The van der Waals surface area contributed by atoms with Crippen LogP contribution in [0.25, 0.3) is 0 Å². The second-order valence-corrected chi connectivity index (χ2v) is 5.85. The van der Waals surface area contributed by atoms with E-state index in [1.807, 2.05) is 42.5 Å². The zero-order valence-corrected chi connectivity index (χ0v) is 13.9. The van der Waals surface area contributed by atoms with Crippen LogP contribution in [0.3, 0.4) is 0 Å². The second kappa shape index (κ2) is 8.15. The highest BCUT2D eigenvalue weighted by Gasteiger charge is 2.14. The van der Waals surface area contributed by atoms with Crippen LogP contribution in [-0.2, 0) is 6.54 Å². The Hall–Kier alpha value is -2.82. The van der Waals surface area contributed by atoms with Crippen LogP contribution in [0.5, 0.6) is 0 Å². The lowest BCUT2D eigenvalue weighted by molar-refractivity contribution is 0.285. The molecule has 0 aliphatic heterocycles. The third-order valence-electron chi connectivity index (χ3n) is 3.96. The predicted octanol–water partition coefficient (Wildman–Crippen LogP) is 4.91. The van der Waals surface area contributed by atoms with E-state index in [1.165, 1.54) is 11.1 Å². The van der Waals surface area contributed by atoms with Gasteiger partial charge in [-0.25, -0.2) is 0 Å². The molecule has 0 saturated carbocycles. The number of hydrogen-bond donors (Lipinski definition) is 0. The van der Waals surface area contributed by atoms with Gasteiger partial charge in [-0.2, -0.15) is 0 Å². The van der Waals surface area contributed by atoms with Crippen molar-refractivity contribution in [2.75, 3.05) is 7.05 Å². The van der Waals surface area contributed by atoms with Crippen LogP contribution >= 0.6 is 0 Å². The highest BCUT2D eigenvalue weighted by molar-refractivity contribution is 5.37. The lowest BCUT2D eigenvalue weighted by Gasteiger charge is -2.24. The van der Waals surface area contributed by atoms with Gasteiger partial charge in [0.15, 0.2) is 0 Å². The molecule has 1 heteroatoms. The molecule has 3 rings (SSSR count). The van der Waals surface area contributed by atoms with E-state index in [0.717, 1.165) is 12.1 Å². The van der Waals surface area contributed by atoms with Crippen LogP contribution in [0, 0.1) is 11.8 Å². The van der Waals surface area contributed by atoms with Crippen molar-refractivity contribution in [2.45, 2.75) is 12.6 Å². The minimum absolute atomic E-state index is 0.0617. The predicted molar refractivity (Wildman–Crippen MR) is 100 cm³/mol. The first-order chi connectivity index (χ1) is 11.8. The number of hydrogen-bond acceptors (Lipinski definition) is 1. The van der Waals surface area contributed by atoms with Gasteiger partial charge in [0.05, 0.1) is 6.04 Å². The topological polar surface area (TPSA) is 3.24 Å². The Kier molecular flexibility index (Phi) is 5.45. The van der Waals surface area contributed by atoms with E-state index < -0.39 is 0 Å². The highest BCUT2D eigenvalue weighted by Crippen LogP contribution is 2.20. The minimum Gasteiger partial charge on any atom is -0.285 e. The molecule has 0 aliphatic rings. The summed E-state index contributed by atoms with van der Waals surface area (Å²) in [6.07, 6.45) is 0. The fourth-order valence-electron chi connectivity index (χ4n) is 2.72. The lowest BCUT2D eigenvalue weighted by atomic mass is 10.0. The molecule has 3 aromatic carbocycles. The minimum atomic E-state index is 0.0617. The van der Waals surface area contributed by atoms with Gasteiger partial charge in [-0.3, -0.25) is 4.90 Å². The Morgan fingerprint density at radius 2 is 1.29 bits per heavy atom. The summed E-state index contributed by atoms with van der Waals surface area (Å²) in [5.41, 5.74) is 3.56. The van der Waals surface area contributed by atoms with E-state index in [9.17, 15) is 0 Å². The molecule has 0 aromatic heterocycles. The Morgan fingerprint density at radius 1 is 0.750 bits per heavy atom. The molecule has 0 N–H and O–H groups in total. The Labute approximate surface area is 144 Å². The Balaban J connectivity index is 1.86. The van der Waals surface area contributed by atoms with Crippen LogP contribution < -0.4 is 0 Å². The van der Waals surface area contributed by atoms with Crippen LogP contribution in [-0.4, -0.2) is 11.9 Å². The van der Waals surface area contributed by atoms with E-state index in [2.05, 4.69) is 72.3 Å². The third kappa shape index (κ3) is 4.35. The number of nitrogens with zero attached hydrogens (tertiary/aromatic N) is 1. The van der Waals surface area contributed by atoms with Crippen LogP contribution in [0.2, 0.25) is 0 Å². The van der Waals surface area contributed by atoms with E-state index in [0.29, 0.717) is 0 Å². The van der Waals surface area contributed by atoms with Gasteiger partial charge in [0.1, 0.15) is 0 Å². The van der Waals surface area contributed by atoms with Gasteiger partial charge in [0.2, 0.25) is 0 Å². The summed E-state index contributed by atoms with van der Waals surface area (Å²) in [4.78, 5) is 2.29. The molecule has 3 aromatic rings. The van der Waals surface area contributed by atoms with Crippen LogP contribution in [0.4, 0.5) is 0 Å². The quantitative estimate of drug-likeness (QED) is 0.619. The SMILES string of the molecule is CN(Cc1ccccc1)[C@@H](C#Cc1ccccc1)c1ccccc1. The van der Waals surface area contributed by atoms with Crippen molar-refractivity contribution in [1.29, 1.82) is 0 Å². The molecule has 0 aliphatic carbocycles. The maximum absolute atomic E-state index is 3.45. The monoisotopic (exact) mass is 311 g/mol. The summed E-state index contributed by atoms with van der Waals surface area (Å²) in [5.74, 6) is 6.77. The summed E-state index contributed by atoms with van der Waals surface area (Å²) in [7, 11) is 2.13. The van der Waals surface area contributed by atoms with Gasteiger partial charge < -0.3 is 0 Å². The van der Waals surface area contributed by atoms with Crippen LogP contribution in [0.1, 0.15) is 22.7 Å². The molecule has 0 unspecified atom stereocenters. The molecule has 0 heterocycles. The molecule has 0 bridgehead atoms. The summed E-state index contributed by atoms with van der Waals surface area (Å²) in [6.45, 7) is 0.865. The molecule has 0 spiro atoms. The first-order valence-electron chi connectivity index (χ1n) is 8.18. The van der Waals surface area contributed by atoms with Gasteiger partial charge in [-0.05, 0) is 30.3 Å². The average Bonchev–Trinajstić information content (AvgIpc) is 2.64. The molecular weight excluding hydrogens is 290 g/mol. The van der Waals surface area contributed by atoms with Gasteiger partial charge in [-0.15, -0.1) is 0 Å². The average molecular weight is 311 g/mol. The molecule has 0 fully saturated rings. The molecule has 1 atom stereocenters. The van der Waals surface area contributed by atoms with E-state index in [-0.39, 0.29) is 6.04 Å². The molecule has 0 amide bonds. The fraction of sp³-hybridized carbons (Fsp3) is 0.130. The zero-order valence-electron chi connectivity index (χ0n) is 13.9. The molecule has 1 nitrogen and oxygen atoms in total. The fourth-order valence-corrected chi connectivity index (χ4v) is 2.72. The summed E-state index contributed by atoms with van der Waals surface area (Å²) in [5, 5.41) is 0. The lowest BCUT2D eigenvalue weighted by Crippen LogP contribution is -2.23. The van der Waals surface area contributed by atoms with Crippen molar-refractivity contribution in [3.8, 4) is 11.8 Å². The van der Waals surface area contributed by atoms with Crippen molar-refractivity contribution in [2.24, 2.45) is 0 Å². The molecule has 0 radical (unpaired) electrons. The smallest absolute Gasteiger partial charge is 0.0975 e. The standard InChI is InChI=1S/C23H21N/c1-24(19-21-13-7-3-8-14-21)23(22-15-9-4-10-16-22)18-17-20-11-5-2-6-12-20/h2-16,23H,19H2,1H3/t23-/m0/s1. The van der Waals surface area contributed by atoms with Gasteiger partial charge in [-0.1, -0.05) is 90.7 Å². The first-order valence-corrected chi connectivity index (χ1v) is 8.18. The van der Waals surface area contributed by atoms with Crippen molar-refractivity contribution < 1.29 is 0 Å². The van der Waals surface area contributed by atoms with E-state index in [4.69, 9.17) is 0 Å². The van der Waals surface area contributed by atoms with E-state index in [1.54, 1.807) is 0 Å². The van der Waals surface area contributed by atoms with Gasteiger partial charge in [0.25, 0.3) is 0 Å². The van der Waals surface area contributed by atoms with Crippen molar-refractivity contribution >= 4 is 0 Å². The molecular formula is C23H21N. The normalized spacial score (nSPS) is 11.6. The summed E-state index contributed by atoms with van der Waals surface area (Å²) in [6, 6.07) is 31.2. The van der Waals surface area contributed by atoms with Crippen molar-refractivity contribution in [3.63, 3.8) is 0 Å². The van der Waals surface area contributed by atoms with Crippen molar-refractivity contribution in [1.82, 2.24) is 4.90 Å². The third-order valence-corrected chi connectivity index (χ3v) is 3.96. The van der Waals surface area contributed by atoms with Crippen LogP contribution in [0.15, 0.2) is 91.0 Å². The maximum atomic E-state index is 3.45. The molecule has 0 saturated heterocycles. The number of benzene rings is 3. The Bertz CT molecular complexity index is 798. The summed E-state index contributed by atoms with van der Waals surface area (Å²) < 4.78 is 0. The first kappa shape index (κ1) is 16.1. The van der Waals surface area contributed by atoms with E-state index >= 15 is 0 Å². The zero-order chi connectivity index (χ0) is 16.6. The molecule has 118 valence electrons.